The Labute approximate surface area is 103 Å². The van der Waals surface area contributed by atoms with Crippen LogP contribution in [-0.2, 0) is 0 Å². The van der Waals surface area contributed by atoms with Gasteiger partial charge in [0.1, 0.15) is 6.67 Å². The molecule has 0 bridgehead atoms. The maximum Gasteiger partial charge on any atom is 0.102 e. The van der Waals surface area contributed by atoms with Crippen LogP contribution in [0.15, 0.2) is 30.3 Å². The van der Waals surface area contributed by atoms with E-state index in [2.05, 4.69) is 41.4 Å². The van der Waals surface area contributed by atoms with Gasteiger partial charge in [-0.25, -0.2) is 4.39 Å². The second-order valence-electron chi connectivity index (χ2n) is 4.62. The molecule has 1 heterocycles. The Bertz CT molecular complexity index is 328. The molecule has 17 heavy (non-hydrogen) atoms. The van der Waals surface area contributed by atoms with Crippen molar-refractivity contribution in [1.29, 1.82) is 0 Å². The molecule has 94 valence electrons. The van der Waals surface area contributed by atoms with Crippen LogP contribution in [0.25, 0.3) is 0 Å². The Morgan fingerprint density at radius 2 is 2.12 bits per heavy atom. The van der Waals surface area contributed by atoms with Gasteiger partial charge >= 0.3 is 0 Å². The number of benzene rings is 1. The smallest absolute Gasteiger partial charge is 0.102 e. The molecular formula is C14H21FN2. The van der Waals surface area contributed by atoms with Gasteiger partial charge in [0.15, 0.2) is 0 Å². The number of hydrogen-bond donors (Lipinski definition) is 1. The van der Waals surface area contributed by atoms with Crippen LogP contribution in [-0.4, -0.2) is 37.3 Å². The topological polar surface area (TPSA) is 15.3 Å². The van der Waals surface area contributed by atoms with Crippen molar-refractivity contribution in [1.82, 2.24) is 10.2 Å². The highest BCUT2D eigenvalue weighted by Crippen LogP contribution is 2.20. The number of nitrogens with zero attached hydrogens (tertiary/aromatic N) is 1. The molecule has 0 radical (unpaired) electrons. The molecule has 0 aromatic heterocycles. The number of piperazine rings is 1. The van der Waals surface area contributed by atoms with E-state index in [9.17, 15) is 4.39 Å². The average Bonchev–Trinajstić information content (AvgIpc) is 2.40. The minimum Gasteiger partial charge on any atom is -0.307 e. The normalized spacial score (nSPS) is 26.0. The van der Waals surface area contributed by atoms with Gasteiger partial charge in [0.05, 0.1) is 0 Å². The van der Waals surface area contributed by atoms with Crippen molar-refractivity contribution in [2.75, 3.05) is 26.3 Å². The van der Waals surface area contributed by atoms with Gasteiger partial charge in [-0.15, -0.1) is 0 Å². The van der Waals surface area contributed by atoms with Crippen LogP contribution in [0.2, 0.25) is 0 Å². The Kier molecular flexibility index (Phi) is 4.51. The Hall–Kier alpha value is -0.930. The summed E-state index contributed by atoms with van der Waals surface area (Å²) in [5.74, 6) is 0. The highest BCUT2D eigenvalue weighted by Gasteiger charge is 2.26. The fourth-order valence-electron chi connectivity index (χ4n) is 2.55. The minimum absolute atomic E-state index is 0.252. The maximum atomic E-state index is 12.6. The molecular weight excluding hydrogens is 215 g/mol. The van der Waals surface area contributed by atoms with E-state index in [1.54, 1.807) is 0 Å². The first-order valence-corrected chi connectivity index (χ1v) is 6.43. The zero-order valence-corrected chi connectivity index (χ0v) is 10.4. The van der Waals surface area contributed by atoms with E-state index in [0.717, 1.165) is 19.5 Å². The largest absolute Gasteiger partial charge is 0.307 e. The molecule has 1 saturated heterocycles. The summed E-state index contributed by atoms with van der Waals surface area (Å²) in [5.41, 5.74) is 1.30. The first-order chi connectivity index (χ1) is 8.35. The van der Waals surface area contributed by atoms with Gasteiger partial charge in [0, 0.05) is 31.7 Å². The first kappa shape index (κ1) is 12.5. The lowest BCUT2D eigenvalue weighted by Crippen LogP contribution is -2.52. The summed E-state index contributed by atoms with van der Waals surface area (Å²) in [6, 6.07) is 11.2. The lowest BCUT2D eigenvalue weighted by Gasteiger charge is -2.39. The second kappa shape index (κ2) is 6.12. The minimum atomic E-state index is -0.252. The molecule has 1 aliphatic heterocycles. The Balaban J connectivity index is 2.03. The molecule has 0 amide bonds. The van der Waals surface area contributed by atoms with E-state index in [0.29, 0.717) is 18.6 Å². The summed E-state index contributed by atoms with van der Waals surface area (Å²) in [5, 5.41) is 3.56. The van der Waals surface area contributed by atoms with Crippen molar-refractivity contribution in [3.8, 4) is 0 Å². The molecule has 1 N–H and O–H groups in total. The van der Waals surface area contributed by atoms with Crippen LogP contribution in [0.4, 0.5) is 4.39 Å². The van der Waals surface area contributed by atoms with Gasteiger partial charge in [0.2, 0.25) is 0 Å². The lowest BCUT2D eigenvalue weighted by molar-refractivity contribution is 0.118. The standard InChI is InChI=1S/C14H21FN2/c1-2-13-10-16-14(11-17(13)9-8-15)12-6-4-3-5-7-12/h3-7,13-14,16H,2,8-11H2,1H3. The first-order valence-electron chi connectivity index (χ1n) is 6.43. The monoisotopic (exact) mass is 236 g/mol. The third-order valence-corrected chi connectivity index (χ3v) is 3.58. The molecule has 2 atom stereocenters. The van der Waals surface area contributed by atoms with E-state index >= 15 is 0 Å². The van der Waals surface area contributed by atoms with Gasteiger partial charge < -0.3 is 5.32 Å². The van der Waals surface area contributed by atoms with Gasteiger partial charge in [-0.2, -0.15) is 0 Å². The molecule has 0 spiro atoms. The van der Waals surface area contributed by atoms with Gasteiger partial charge in [0.25, 0.3) is 0 Å². The molecule has 3 heteroatoms. The number of nitrogens with one attached hydrogen (secondary N) is 1. The molecule has 1 aromatic rings. The van der Waals surface area contributed by atoms with Crippen molar-refractivity contribution in [2.24, 2.45) is 0 Å². The van der Waals surface area contributed by atoms with Gasteiger partial charge in [-0.05, 0) is 12.0 Å². The third kappa shape index (κ3) is 3.05. The molecule has 2 rings (SSSR count). The Morgan fingerprint density at radius 3 is 2.76 bits per heavy atom. The maximum absolute atomic E-state index is 12.6. The molecule has 0 saturated carbocycles. The van der Waals surface area contributed by atoms with Crippen LogP contribution in [0.1, 0.15) is 24.9 Å². The van der Waals surface area contributed by atoms with Crippen molar-refractivity contribution < 1.29 is 4.39 Å². The van der Waals surface area contributed by atoms with Gasteiger partial charge in [-0.1, -0.05) is 37.3 Å². The quantitative estimate of drug-likeness (QED) is 0.863. The molecule has 1 fully saturated rings. The number of alkyl halides is 1. The average molecular weight is 236 g/mol. The Morgan fingerprint density at radius 1 is 1.35 bits per heavy atom. The van der Waals surface area contributed by atoms with Crippen LogP contribution in [0.3, 0.4) is 0 Å². The number of rotatable bonds is 4. The zero-order chi connectivity index (χ0) is 12.1. The van der Waals surface area contributed by atoms with Crippen LogP contribution in [0.5, 0.6) is 0 Å². The van der Waals surface area contributed by atoms with Crippen LogP contribution in [0, 0.1) is 0 Å². The van der Waals surface area contributed by atoms with E-state index < -0.39 is 0 Å². The molecule has 2 nitrogen and oxygen atoms in total. The predicted molar refractivity (Wildman–Crippen MR) is 68.8 cm³/mol. The summed E-state index contributed by atoms with van der Waals surface area (Å²) in [6.45, 7) is 4.34. The van der Waals surface area contributed by atoms with Crippen molar-refractivity contribution in [3.63, 3.8) is 0 Å². The predicted octanol–water partition coefficient (Wildman–Crippen LogP) is 2.38. The van der Waals surface area contributed by atoms with E-state index in [1.165, 1.54) is 5.56 Å². The van der Waals surface area contributed by atoms with Crippen molar-refractivity contribution in [2.45, 2.75) is 25.4 Å². The molecule has 1 aliphatic rings. The number of halogens is 1. The molecule has 2 unspecified atom stereocenters. The molecule has 1 aromatic carbocycles. The van der Waals surface area contributed by atoms with Gasteiger partial charge in [-0.3, -0.25) is 4.90 Å². The van der Waals surface area contributed by atoms with Crippen LogP contribution >= 0.6 is 0 Å². The van der Waals surface area contributed by atoms with Crippen molar-refractivity contribution >= 4 is 0 Å². The third-order valence-electron chi connectivity index (χ3n) is 3.58. The lowest BCUT2D eigenvalue weighted by atomic mass is 10.0. The highest BCUT2D eigenvalue weighted by molar-refractivity contribution is 5.20. The summed E-state index contributed by atoms with van der Waals surface area (Å²) in [7, 11) is 0. The summed E-state index contributed by atoms with van der Waals surface area (Å²) >= 11 is 0. The summed E-state index contributed by atoms with van der Waals surface area (Å²) < 4.78 is 12.6. The SMILES string of the molecule is CCC1CNC(c2ccccc2)CN1CCF. The summed E-state index contributed by atoms with van der Waals surface area (Å²) in [6.07, 6.45) is 1.08. The van der Waals surface area contributed by atoms with Crippen LogP contribution < -0.4 is 5.32 Å². The fraction of sp³-hybridized carbons (Fsp3) is 0.571. The van der Waals surface area contributed by atoms with E-state index in [4.69, 9.17) is 0 Å². The van der Waals surface area contributed by atoms with E-state index in [-0.39, 0.29) is 6.67 Å². The van der Waals surface area contributed by atoms with Crippen molar-refractivity contribution in [3.05, 3.63) is 35.9 Å². The molecule has 0 aliphatic carbocycles. The zero-order valence-electron chi connectivity index (χ0n) is 10.4. The van der Waals surface area contributed by atoms with E-state index in [1.807, 2.05) is 6.07 Å². The summed E-state index contributed by atoms with van der Waals surface area (Å²) in [4.78, 5) is 2.27. The fourth-order valence-corrected chi connectivity index (χ4v) is 2.55. The second-order valence-corrected chi connectivity index (χ2v) is 4.62. The number of hydrogen-bond acceptors (Lipinski definition) is 2. The highest BCUT2D eigenvalue weighted by atomic mass is 19.1.